The van der Waals surface area contributed by atoms with Gasteiger partial charge in [0.05, 0.1) is 26.0 Å². The van der Waals surface area contributed by atoms with Gasteiger partial charge in [-0.05, 0) is 0 Å². The van der Waals surface area contributed by atoms with Gasteiger partial charge in [0, 0.05) is 36.5 Å². The lowest BCUT2D eigenvalue weighted by Gasteiger charge is -2.19. The van der Waals surface area contributed by atoms with Crippen LogP contribution in [-0.2, 0) is 20.7 Å². The maximum atomic E-state index is 11.7. The van der Waals surface area contributed by atoms with Crippen molar-refractivity contribution in [2.45, 2.75) is 6.42 Å². The van der Waals surface area contributed by atoms with E-state index in [1.165, 1.54) is 32.8 Å². The van der Waals surface area contributed by atoms with Crippen LogP contribution in [0.5, 0.6) is 0 Å². The minimum atomic E-state index is -0.554. The van der Waals surface area contributed by atoms with E-state index in [-0.39, 0.29) is 45.3 Å². The van der Waals surface area contributed by atoms with Gasteiger partial charge in [0.25, 0.3) is 0 Å². The van der Waals surface area contributed by atoms with Gasteiger partial charge in [-0.2, -0.15) is 0 Å². The molecule has 1 aromatic heterocycles. The van der Waals surface area contributed by atoms with E-state index in [2.05, 4.69) is 9.97 Å². The Balaban J connectivity index is 1.97. The molecule has 0 aliphatic rings. The van der Waals surface area contributed by atoms with Crippen molar-refractivity contribution in [1.82, 2.24) is 14.9 Å². The molecular formula is C14H23N3O6S2. The van der Waals surface area contributed by atoms with Gasteiger partial charge in [-0.15, -0.1) is 0 Å². The Morgan fingerprint density at radius 1 is 1.12 bits per heavy atom. The average molecular weight is 393 g/mol. The molecule has 0 saturated carbocycles. The molecule has 0 aliphatic carbocycles. The van der Waals surface area contributed by atoms with Crippen molar-refractivity contribution >= 4 is 33.7 Å². The Morgan fingerprint density at radius 2 is 1.76 bits per heavy atom. The van der Waals surface area contributed by atoms with Crippen LogP contribution in [0.4, 0.5) is 4.79 Å². The standard InChI is InChI=1S/C14H23N3O6S2/c18-3-1-17(2-4-19)14(21)23-6-8-25-24-7-5-22-13(20)9-12-10-15-11-16-12/h10-11,18-19H,1-9H2,(H,15,16). The third-order valence-corrected chi connectivity index (χ3v) is 5.13. The second-order valence-corrected chi connectivity index (χ2v) is 7.37. The van der Waals surface area contributed by atoms with E-state index in [1.54, 1.807) is 6.20 Å². The first kappa shape index (κ1) is 21.6. The van der Waals surface area contributed by atoms with Gasteiger partial charge >= 0.3 is 12.1 Å². The Kier molecular flexibility index (Phi) is 11.9. The second-order valence-electron chi connectivity index (χ2n) is 4.67. The van der Waals surface area contributed by atoms with Crippen molar-refractivity contribution in [2.75, 3.05) is 51.0 Å². The summed E-state index contributed by atoms with van der Waals surface area (Å²) in [5.74, 6) is 0.913. The van der Waals surface area contributed by atoms with Crippen LogP contribution in [0.1, 0.15) is 5.69 Å². The number of aromatic amines is 1. The topological polar surface area (TPSA) is 125 Å². The summed E-state index contributed by atoms with van der Waals surface area (Å²) < 4.78 is 10.1. The summed E-state index contributed by atoms with van der Waals surface area (Å²) in [6.07, 6.45) is 2.71. The minimum Gasteiger partial charge on any atom is -0.464 e. The molecule has 25 heavy (non-hydrogen) atoms. The molecule has 9 nitrogen and oxygen atoms in total. The highest BCUT2D eigenvalue weighted by Crippen LogP contribution is 2.20. The van der Waals surface area contributed by atoms with E-state index in [1.807, 2.05) is 0 Å². The van der Waals surface area contributed by atoms with Gasteiger partial charge in [-0.1, -0.05) is 21.6 Å². The molecule has 1 rings (SSSR count). The molecule has 1 aromatic rings. The van der Waals surface area contributed by atoms with Crippen molar-refractivity contribution in [3.8, 4) is 0 Å². The van der Waals surface area contributed by atoms with Crippen LogP contribution in [0.3, 0.4) is 0 Å². The highest BCUT2D eigenvalue weighted by Gasteiger charge is 2.13. The monoisotopic (exact) mass is 393 g/mol. The van der Waals surface area contributed by atoms with Crippen LogP contribution < -0.4 is 0 Å². The number of hydrogen-bond acceptors (Lipinski definition) is 9. The van der Waals surface area contributed by atoms with Crippen molar-refractivity contribution in [3.05, 3.63) is 18.2 Å². The van der Waals surface area contributed by atoms with E-state index in [0.29, 0.717) is 23.8 Å². The highest BCUT2D eigenvalue weighted by molar-refractivity contribution is 8.76. The van der Waals surface area contributed by atoms with Crippen molar-refractivity contribution in [3.63, 3.8) is 0 Å². The first-order chi connectivity index (χ1) is 12.2. The van der Waals surface area contributed by atoms with Gasteiger partial charge in [-0.25, -0.2) is 9.78 Å². The number of esters is 1. The molecule has 11 heteroatoms. The molecule has 0 unspecified atom stereocenters. The van der Waals surface area contributed by atoms with Crippen molar-refractivity contribution < 1.29 is 29.3 Å². The van der Waals surface area contributed by atoms with Crippen LogP contribution in [0.25, 0.3) is 0 Å². The summed E-state index contributed by atoms with van der Waals surface area (Å²) >= 11 is 0. The summed E-state index contributed by atoms with van der Waals surface area (Å²) in [5.41, 5.74) is 0.713. The molecular weight excluding hydrogens is 370 g/mol. The molecule has 1 heterocycles. The number of hydrogen-bond donors (Lipinski definition) is 3. The van der Waals surface area contributed by atoms with Crippen LogP contribution in [-0.4, -0.2) is 88.2 Å². The van der Waals surface area contributed by atoms with E-state index in [4.69, 9.17) is 19.7 Å². The lowest BCUT2D eigenvalue weighted by Crippen LogP contribution is -2.36. The summed E-state index contributed by atoms with van der Waals surface area (Å²) in [7, 11) is 3.02. The molecule has 0 aliphatic heterocycles. The summed E-state index contributed by atoms with van der Waals surface area (Å²) in [6.45, 7) is 0.433. The SMILES string of the molecule is O=C(Cc1cnc[nH]1)OCCSSCCOC(=O)N(CCO)CCO. The summed E-state index contributed by atoms with van der Waals surface area (Å²) in [6, 6.07) is 0. The smallest absolute Gasteiger partial charge is 0.409 e. The molecule has 142 valence electrons. The van der Waals surface area contributed by atoms with Gasteiger partial charge in [0.1, 0.15) is 13.2 Å². The van der Waals surface area contributed by atoms with Gasteiger partial charge in [0.2, 0.25) is 0 Å². The third-order valence-electron chi connectivity index (χ3n) is 2.79. The number of carbonyl (C=O) groups is 2. The molecule has 0 radical (unpaired) electrons. The average Bonchev–Trinajstić information content (AvgIpc) is 3.09. The second kappa shape index (κ2) is 13.8. The quantitative estimate of drug-likeness (QED) is 0.246. The Morgan fingerprint density at radius 3 is 2.32 bits per heavy atom. The van der Waals surface area contributed by atoms with E-state index >= 15 is 0 Å². The van der Waals surface area contributed by atoms with Gasteiger partial charge < -0.3 is 29.6 Å². The van der Waals surface area contributed by atoms with Gasteiger partial charge in [0.15, 0.2) is 0 Å². The Hall–Kier alpha value is -1.43. The van der Waals surface area contributed by atoms with Crippen LogP contribution >= 0.6 is 21.6 Å². The number of imidazole rings is 1. The number of amides is 1. The lowest BCUT2D eigenvalue weighted by molar-refractivity contribution is -0.142. The zero-order valence-corrected chi connectivity index (χ0v) is 15.4. The number of aliphatic hydroxyl groups excluding tert-OH is 2. The fourth-order valence-electron chi connectivity index (χ4n) is 1.69. The first-order valence-corrected chi connectivity index (χ1v) is 10.2. The highest BCUT2D eigenvalue weighted by atomic mass is 33.1. The van der Waals surface area contributed by atoms with E-state index in [9.17, 15) is 9.59 Å². The largest absolute Gasteiger partial charge is 0.464 e. The summed E-state index contributed by atoms with van der Waals surface area (Å²) in [5, 5.41) is 17.7. The Labute approximate surface area is 153 Å². The van der Waals surface area contributed by atoms with E-state index < -0.39 is 6.09 Å². The molecule has 1 amide bonds. The van der Waals surface area contributed by atoms with Crippen LogP contribution in [0.2, 0.25) is 0 Å². The Bertz CT molecular complexity index is 483. The minimum absolute atomic E-state index is 0.130. The zero-order valence-electron chi connectivity index (χ0n) is 13.8. The van der Waals surface area contributed by atoms with Crippen molar-refractivity contribution in [1.29, 1.82) is 0 Å². The third kappa shape index (κ3) is 10.2. The number of H-pyrrole nitrogens is 1. The number of rotatable bonds is 13. The number of aromatic nitrogens is 2. The molecule has 0 fully saturated rings. The molecule has 3 N–H and O–H groups in total. The fourth-order valence-corrected chi connectivity index (χ4v) is 3.34. The molecule has 0 saturated heterocycles. The molecule has 0 aromatic carbocycles. The first-order valence-electron chi connectivity index (χ1n) is 7.68. The number of nitrogens with zero attached hydrogens (tertiary/aromatic N) is 2. The van der Waals surface area contributed by atoms with E-state index in [0.717, 1.165) is 0 Å². The maximum absolute atomic E-state index is 11.7. The summed E-state index contributed by atoms with van der Waals surface area (Å²) in [4.78, 5) is 31.1. The predicted molar refractivity (Wildman–Crippen MR) is 95.3 cm³/mol. The van der Waals surface area contributed by atoms with Crippen LogP contribution in [0, 0.1) is 0 Å². The maximum Gasteiger partial charge on any atom is 0.409 e. The number of ether oxygens (including phenoxy) is 2. The van der Waals surface area contributed by atoms with Gasteiger partial charge in [-0.3, -0.25) is 4.79 Å². The van der Waals surface area contributed by atoms with Crippen molar-refractivity contribution in [2.24, 2.45) is 0 Å². The number of nitrogens with one attached hydrogen (secondary N) is 1. The number of carbonyl (C=O) groups excluding carboxylic acids is 2. The molecule has 0 bridgehead atoms. The fraction of sp³-hybridized carbons (Fsp3) is 0.643. The molecule has 0 atom stereocenters. The molecule has 0 spiro atoms. The predicted octanol–water partition coefficient (Wildman–Crippen LogP) is 0.300. The van der Waals surface area contributed by atoms with Crippen LogP contribution in [0.15, 0.2) is 12.5 Å². The normalized spacial score (nSPS) is 10.5. The number of aliphatic hydroxyl groups is 2. The lowest BCUT2D eigenvalue weighted by atomic mass is 10.3. The zero-order chi connectivity index (χ0) is 18.3.